The van der Waals surface area contributed by atoms with E-state index in [-0.39, 0.29) is 12.1 Å². The van der Waals surface area contributed by atoms with Crippen LogP contribution in [0.15, 0.2) is 0 Å². The van der Waals surface area contributed by atoms with Crippen LogP contribution in [0.3, 0.4) is 0 Å². The zero-order valence-corrected chi connectivity index (χ0v) is 14.4. The topological polar surface area (TPSA) is 66.9 Å². The molecular formula is C16H26N4OS. The van der Waals surface area contributed by atoms with Crippen LogP contribution in [-0.2, 0) is 0 Å². The van der Waals surface area contributed by atoms with Gasteiger partial charge in [-0.05, 0) is 43.4 Å². The first kappa shape index (κ1) is 15.7. The third kappa shape index (κ3) is 3.77. The standard InChI is InChI=1S/C16H26N4OS/c1-9(2)12-7-4-10(3)8-13(12)17-15(21)18-16-20-19-14(22-16)11-5-6-11/h9-13H,4-8H2,1-3H3,(H2,17,18,20,21)/t10-,12+,13-/m1/s1. The second-order valence-electron chi connectivity index (χ2n) is 7.25. The Hall–Kier alpha value is -1.17. The highest BCUT2D eigenvalue weighted by molar-refractivity contribution is 7.15. The molecule has 6 heteroatoms. The molecule has 22 heavy (non-hydrogen) atoms. The second kappa shape index (κ2) is 6.52. The van der Waals surface area contributed by atoms with Crippen LogP contribution in [0.25, 0.3) is 0 Å². The van der Waals surface area contributed by atoms with Gasteiger partial charge in [0.05, 0.1) is 0 Å². The number of amides is 2. The van der Waals surface area contributed by atoms with Crippen LogP contribution in [0.1, 0.15) is 63.8 Å². The molecule has 2 amide bonds. The number of aromatic nitrogens is 2. The summed E-state index contributed by atoms with van der Waals surface area (Å²) in [6, 6.07) is 0.128. The lowest BCUT2D eigenvalue weighted by molar-refractivity contribution is 0.172. The molecule has 0 spiro atoms. The van der Waals surface area contributed by atoms with Gasteiger partial charge in [-0.2, -0.15) is 0 Å². The van der Waals surface area contributed by atoms with Crippen molar-refractivity contribution >= 4 is 22.5 Å². The molecule has 0 saturated heterocycles. The molecule has 3 atom stereocenters. The number of hydrogen-bond acceptors (Lipinski definition) is 4. The van der Waals surface area contributed by atoms with Gasteiger partial charge < -0.3 is 5.32 Å². The van der Waals surface area contributed by atoms with E-state index in [1.165, 1.54) is 37.0 Å². The summed E-state index contributed by atoms with van der Waals surface area (Å²) in [6.45, 7) is 6.77. The smallest absolute Gasteiger partial charge is 0.321 e. The van der Waals surface area contributed by atoms with Gasteiger partial charge in [-0.15, -0.1) is 10.2 Å². The SMILES string of the molecule is CC(C)[C@@H]1CC[C@@H](C)C[C@H]1NC(=O)Nc1nnc(C2CC2)s1. The van der Waals surface area contributed by atoms with E-state index >= 15 is 0 Å². The van der Waals surface area contributed by atoms with Crippen molar-refractivity contribution in [2.45, 2.75) is 64.8 Å². The van der Waals surface area contributed by atoms with Crippen molar-refractivity contribution in [3.8, 4) is 0 Å². The van der Waals surface area contributed by atoms with E-state index < -0.39 is 0 Å². The maximum Gasteiger partial charge on any atom is 0.321 e. The summed E-state index contributed by atoms with van der Waals surface area (Å²) in [5, 5.41) is 15.9. The van der Waals surface area contributed by atoms with E-state index in [9.17, 15) is 4.79 Å². The Bertz CT molecular complexity index is 526. The molecule has 2 N–H and O–H groups in total. The van der Waals surface area contributed by atoms with E-state index in [1.54, 1.807) is 0 Å². The normalized spacial score (nSPS) is 28.6. The zero-order valence-electron chi connectivity index (χ0n) is 13.6. The monoisotopic (exact) mass is 322 g/mol. The van der Waals surface area contributed by atoms with Crippen LogP contribution < -0.4 is 10.6 Å². The maximum absolute atomic E-state index is 12.3. The van der Waals surface area contributed by atoms with Gasteiger partial charge in [-0.3, -0.25) is 5.32 Å². The van der Waals surface area contributed by atoms with Crippen molar-refractivity contribution in [1.29, 1.82) is 0 Å². The van der Waals surface area contributed by atoms with Crippen molar-refractivity contribution in [3.63, 3.8) is 0 Å². The van der Waals surface area contributed by atoms with Gasteiger partial charge in [0.25, 0.3) is 0 Å². The minimum atomic E-state index is -0.136. The number of nitrogens with zero attached hydrogens (tertiary/aromatic N) is 2. The highest BCUT2D eigenvalue weighted by atomic mass is 32.1. The molecule has 2 aliphatic carbocycles. The lowest BCUT2D eigenvalue weighted by Crippen LogP contribution is -2.47. The number of carbonyl (C=O) groups is 1. The Kier molecular flexibility index (Phi) is 4.66. The molecular weight excluding hydrogens is 296 g/mol. The average molecular weight is 322 g/mol. The molecule has 2 fully saturated rings. The summed E-state index contributed by atoms with van der Waals surface area (Å²) in [7, 11) is 0. The summed E-state index contributed by atoms with van der Waals surface area (Å²) >= 11 is 1.51. The van der Waals surface area contributed by atoms with E-state index in [0.29, 0.717) is 28.8 Å². The minimum absolute atomic E-state index is 0.136. The van der Waals surface area contributed by atoms with Crippen LogP contribution in [0.5, 0.6) is 0 Å². The summed E-state index contributed by atoms with van der Waals surface area (Å²) in [6.07, 6.45) is 5.95. The molecule has 0 aliphatic heterocycles. The van der Waals surface area contributed by atoms with Crippen molar-refractivity contribution in [2.24, 2.45) is 17.8 Å². The van der Waals surface area contributed by atoms with E-state index in [4.69, 9.17) is 0 Å². The van der Waals surface area contributed by atoms with Crippen molar-refractivity contribution in [1.82, 2.24) is 15.5 Å². The van der Waals surface area contributed by atoms with E-state index in [1.807, 2.05) is 0 Å². The number of hydrogen-bond donors (Lipinski definition) is 2. The van der Waals surface area contributed by atoms with Crippen LogP contribution in [0.4, 0.5) is 9.93 Å². The fourth-order valence-corrected chi connectivity index (χ4v) is 4.36. The van der Waals surface area contributed by atoms with Gasteiger partial charge in [0.15, 0.2) is 0 Å². The first-order chi connectivity index (χ1) is 10.5. The molecule has 5 nitrogen and oxygen atoms in total. The largest absolute Gasteiger partial charge is 0.335 e. The Morgan fingerprint density at radius 2 is 2.00 bits per heavy atom. The summed E-state index contributed by atoms with van der Waals surface area (Å²) in [5.41, 5.74) is 0. The van der Waals surface area contributed by atoms with Gasteiger partial charge in [-0.1, -0.05) is 38.5 Å². The third-order valence-electron chi connectivity index (χ3n) is 4.93. The molecule has 2 saturated carbocycles. The summed E-state index contributed by atoms with van der Waals surface area (Å²) < 4.78 is 0. The molecule has 122 valence electrons. The molecule has 0 unspecified atom stereocenters. The van der Waals surface area contributed by atoms with Crippen molar-refractivity contribution < 1.29 is 4.79 Å². The van der Waals surface area contributed by atoms with Gasteiger partial charge in [0.2, 0.25) is 5.13 Å². The Morgan fingerprint density at radius 1 is 1.23 bits per heavy atom. The lowest BCUT2D eigenvalue weighted by atomic mass is 9.74. The number of carbonyl (C=O) groups excluding carboxylic acids is 1. The quantitative estimate of drug-likeness (QED) is 0.880. The number of anilines is 1. The number of rotatable bonds is 4. The maximum atomic E-state index is 12.3. The predicted molar refractivity (Wildman–Crippen MR) is 89.2 cm³/mol. The van der Waals surface area contributed by atoms with Crippen LogP contribution in [0, 0.1) is 17.8 Å². The Morgan fingerprint density at radius 3 is 2.68 bits per heavy atom. The highest BCUT2D eigenvalue weighted by Gasteiger charge is 2.32. The summed E-state index contributed by atoms with van der Waals surface area (Å²) in [4.78, 5) is 12.3. The van der Waals surface area contributed by atoms with Crippen LogP contribution in [-0.4, -0.2) is 22.3 Å². The van der Waals surface area contributed by atoms with Crippen LogP contribution >= 0.6 is 11.3 Å². The zero-order chi connectivity index (χ0) is 15.7. The minimum Gasteiger partial charge on any atom is -0.335 e. The second-order valence-corrected chi connectivity index (χ2v) is 8.26. The van der Waals surface area contributed by atoms with Crippen LogP contribution in [0.2, 0.25) is 0 Å². The number of urea groups is 1. The van der Waals surface area contributed by atoms with Gasteiger partial charge in [0, 0.05) is 12.0 Å². The molecule has 0 bridgehead atoms. The first-order valence-electron chi connectivity index (χ1n) is 8.44. The predicted octanol–water partition coefficient (Wildman–Crippen LogP) is 4.00. The lowest BCUT2D eigenvalue weighted by Gasteiger charge is -2.37. The van der Waals surface area contributed by atoms with Gasteiger partial charge >= 0.3 is 6.03 Å². The molecule has 1 aromatic rings. The van der Waals surface area contributed by atoms with Crippen molar-refractivity contribution in [3.05, 3.63) is 5.01 Å². The Labute approximate surface area is 136 Å². The molecule has 1 aromatic heterocycles. The third-order valence-corrected chi connectivity index (χ3v) is 5.93. The fourth-order valence-electron chi connectivity index (χ4n) is 3.45. The molecule has 1 heterocycles. The molecule has 0 radical (unpaired) electrons. The fraction of sp³-hybridized carbons (Fsp3) is 0.812. The average Bonchev–Trinajstić information content (AvgIpc) is 3.19. The van der Waals surface area contributed by atoms with Crippen molar-refractivity contribution in [2.75, 3.05) is 5.32 Å². The van der Waals surface area contributed by atoms with Gasteiger partial charge in [0.1, 0.15) is 5.01 Å². The Balaban J connectivity index is 1.56. The molecule has 3 rings (SSSR count). The molecule has 2 aliphatic rings. The highest BCUT2D eigenvalue weighted by Crippen LogP contribution is 2.42. The summed E-state index contributed by atoms with van der Waals surface area (Å²) in [5.74, 6) is 2.43. The number of nitrogens with one attached hydrogen (secondary N) is 2. The van der Waals surface area contributed by atoms with E-state index in [2.05, 4.69) is 41.6 Å². The molecule has 0 aromatic carbocycles. The first-order valence-corrected chi connectivity index (χ1v) is 9.25. The van der Waals surface area contributed by atoms with Gasteiger partial charge in [-0.25, -0.2) is 4.79 Å². The van der Waals surface area contributed by atoms with E-state index in [0.717, 1.165) is 11.4 Å².